The molecule has 0 spiro atoms. The van der Waals surface area contributed by atoms with Gasteiger partial charge < -0.3 is 10.6 Å². The summed E-state index contributed by atoms with van der Waals surface area (Å²) in [6.45, 7) is 0. The van der Waals surface area contributed by atoms with Crippen LogP contribution in [0, 0.1) is 11.3 Å². The minimum atomic E-state index is -1.70. The molecule has 1 saturated carbocycles. The zero-order valence-corrected chi connectivity index (χ0v) is 24.9. The van der Waals surface area contributed by atoms with Crippen molar-refractivity contribution < 1.29 is 24.0 Å². The highest BCUT2D eigenvalue weighted by Gasteiger charge is 2.63. The summed E-state index contributed by atoms with van der Waals surface area (Å²) in [5, 5.41) is 26.9. The predicted molar refractivity (Wildman–Crippen MR) is 167 cm³/mol. The highest BCUT2D eigenvalue weighted by molar-refractivity contribution is 6.59. The summed E-state index contributed by atoms with van der Waals surface area (Å²) in [6, 6.07) is 9.98. The molecule has 4 amide bonds. The van der Waals surface area contributed by atoms with E-state index in [0.29, 0.717) is 27.8 Å². The number of anilines is 2. The Kier molecular flexibility index (Phi) is 7.13. The second-order valence-corrected chi connectivity index (χ2v) is 11.6. The van der Waals surface area contributed by atoms with Crippen molar-refractivity contribution >= 4 is 87.2 Å². The fourth-order valence-corrected chi connectivity index (χ4v) is 6.18. The van der Waals surface area contributed by atoms with Crippen LogP contribution in [0.25, 0.3) is 0 Å². The first-order valence-corrected chi connectivity index (χ1v) is 14.7. The summed E-state index contributed by atoms with van der Waals surface area (Å²) < 4.78 is 0. The summed E-state index contributed by atoms with van der Waals surface area (Å²) in [6.07, 6.45) is 0.593. The molecule has 1 aliphatic carbocycles. The molecule has 17 heteroatoms. The summed E-state index contributed by atoms with van der Waals surface area (Å²) in [4.78, 5) is 75.6. The monoisotopic (exact) mass is 658 g/mol. The maximum absolute atomic E-state index is 13.9. The first-order valence-electron chi connectivity index (χ1n) is 13.9. The first kappa shape index (κ1) is 29.3. The zero-order chi connectivity index (χ0) is 32.2. The Bertz CT molecular complexity index is 1950. The first-order chi connectivity index (χ1) is 22.1. The van der Waals surface area contributed by atoms with Crippen molar-refractivity contribution in [3.05, 3.63) is 70.0 Å². The molecule has 0 unspecified atom stereocenters. The Morgan fingerprint density at radius 2 is 1.41 bits per heavy atom. The van der Waals surface area contributed by atoms with E-state index in [1.807, 2.05) is 0 Å². The van der Waals surface area contributed by atoms with Gasteiger partial charge in [-0.25, -0.2) is 14.6 Å². The van der Waals surface area contributed by atoms with Gasteiger partial charge in [-0.3, -0.25) is 30.0 Å². The van der Waals surface area contributed by atoms with E-state index in [4.69, 9.17) is 23.2 Å². The molecule has 1 fully saturated rings. The number of benzene rings is 2. The third kappa shape index (κ3) is 4.89. The normalized spacial score (nSPS) is 24.3. The van der Waals surface area contributed by atoms with E-state index in [1.54, 1.807) is 48.5 Å². The van der Waals surface area contributed by atoms with E-state index in [9.17, 15) is 24.0 Å². The lowest BCUT2D eigenvalue weighted by atomic mass is 9.70. The van der Waals surface area contributed by atoms with Crippen LogP contribution in [-0.4, -0.2) is 58.7 Å². The number of amides is 4. The Morgan fingerprint density at radius 3 is 2.02 bits per heavy atom. The summed E-state index contributed by atoms with van der Waals surface area (Å²) in [5.74, 6) is -3.14. The number of aliphatic imine (C=N–C) groups is 2. The van der Waals surface area contributed by atoms with E-state index >= 15 is 0 Å². The van der Waals surface area contributed by atoms with Crippen LogP contribution in [0.15, 0.2) is 90.3 Å². The van der Waals surface area contributed by atoms with E-state index in [-0.39, 0.29) is 53.2 Å². The quantitative estimate of drug-likeness (QED) is 0.373. The molecule has 0 saturated heterocycles. The molecule has 4 N–H and O–H groups in total. The van der Waals surface area contributed by atoms with Gasteiger partial charge in [0.1, 0.15) is 34.4 Å². The minimum absolute atomic E-state index is 0.0145. The average Bonchev–Trinajstić information content (AvgIpc) is 3.83. The van der Waals surface area contributed by atoms with Gasteiger partial charge in [0.15, 0.2) is 34.9 Å². The lowest BCUT2D eigenvalue weighted by Crippen LogP contribution is -2.51. The fraction of sp³-hybridized carbons (Fsp3) is 0.207. The third-order valence-corrected chi connectivity index (χ3v) is 8.51. The van der Waals surface area contributed by atoms with Crippen molar-refractivity contribution in [2.75, 3.05) is 10.6 Å². The molecule has 46 heavy (non-hydrogen) atoms. The Labute approximate surface area is 269 Å². The second-order valence-electron chi connectivity index (χ2n) is 10.8. The van der Waals surface area contributed by atoms with Crippen LogP contribution >= 0.6 is 23.2 Å². The molecule has 0 aromatic heterocycles. The third-order valence-electron chi connectivity index (χ3n) is 8.00. The van der Waals surface area contributed by atoms with Gasteiger partial charge in [0.25, 0.3) is 0 Å². The Balaban J connectivity index is 1.11. The molecular weight excluding hydrogens is 639 g/mol. The highest BCUT2D eigenvalue weighted by atomic mass is 35.5. The molecule has 4 aliphatic heterocycles. The van der Waals surface area contributed by atoms with Crippen LogP contribution in [0.2, 0.25) is 10.0 Å². The van der Waals surface area contributed by atoms with Crippen LogP contribution < -0.4 is 21.3 Å². The van der Waals surface area contributed by atoms with Crippen molar-refractivity contribution in [1.29, 1.82) is 0 Å². The number of nitrogens with one attached hydrogen (secondary N) is 4. The predicted octanol–water partition coefficient (Wildman–Crippen LogP) is 4.07. The second kappa shape index (κ2) is 11.2. The summed E-state index contributed by atoms with van der Waals surface area (Å²) >= 11 is 11.8. The minimum Gasteiger partial charge on any atom is -0.308 e. The highest BCUT2D eigenvalue weighted by Crippen LogP contribution is 2.47. The van der Waals surface area contributed by atoms with Crippen LogP contribution in [0.4, 0.5) is 21.0 Å². The van der Waals surface area contributed by atoms with E-state index in [2.05, 4.69) is 51.7 Å². The molecule has 5 aliphatic rings. The summed E-state index contributed by atoms with van der Waals surface area (Å²) in [5.41, 5.74) is -1.08. The largest absolute Gasteiger partial charge is 0.324 e. The maximum Gasteiger partial charge on any atom is 0.324 e. The van der Waals surface area contributed by atoms with Crippen LogP contribution in [0.1, 0.15) is 19.3 Å². The average molecular weight is 659 g/mol. The number of amidine groups is 3. The molecule has 0 bridgehead atoms. The topological polar surface area (TPSA) is 208 Å². The molecule has 2 aromatic carbocycles. The van der Waals surface area contributed by atoms with Gasteiger partial charge in [-0.2, -0.15) is 0 Å². The number of fused-ring (bicyclic) bond motifs is 2. The number of ketones is 3. The maximum atomic E-state index is 13.9. The number of halogens is 2. The van der Waals surface area contributed by atoms with Crippen LogP contribution in [-0.2, 0) is 14.4 Å². The van der Waals surface area contributed by atoms with Crippen LogP contribution in [0.5, 0.6) is 0 Å². The number of hydrogen-bond acceptors (Lipinski definition) is 11. The summed E-state index contributed by atoms with van der Waals surface area (Å²) in [7, 11) is 0. The van der Waals surface area contributed by atoms with Gasteiger partial charge in [0.2, 0.25) is 0 Å². The Morgan fingerprint density at radius 1 is 0.783 bits per heavy atom. The van der Waals surface area contributed by atoms with Gasteiger partial charge in [0.05, 0.1) is 0 Å². The van der Waals surface area contributed by atoms with Gasteiger partial charge >= 0.3 is 12.1 Å². The zero-order valence-electron chi connectivity index (χ0n) is 23.4. The van der Waals surface area contributed by atoms with E-state index in [0.717, 1.165) is 0 Å². The Hall–Kier alpha value is -5.41. The van der Waals surface area contributed by atoms with Gasteiger partial charge in [-0.1, -0.05) is 23.2 Å². The lowest BCUT2D eigenvalue weighted by Gasteiger charge is -2.30. The van der Waals surface area contributed by atoms with Crippen molar-refractivity contribution in [2.45, 2.75) is 25.3 Å². The molecule has 3 atom stereocenters. The lowest BCUT2D eigenvalue weighted by molar-refractivity contribution is -0.128. The van der Waals surface area contributed by atoms with E-state index < -0.39 is 41.0 Å². The van der Waals surface area contributed by atoms with Crippen molar-refractivity contribution in [1.82, 2.24) is 10.6 Å². The number of nitrogens with zero attached hydrogens (tertiary/aromatic N) is 6. The molecule has 230 valence electrons. The number of carbonyl (C=O) groups excluding carboxylic acids is 5. The molecule has 15 nitrogen and oxygen atoms in total. The molecule has 2 aromatic rings. The molecular formula is C29H20Cl2N10O5. The number of azo groups is 1. The number of urea groups is 2. The molecule has 0 radical (unpaired) electrons. The number of rotatable bonds is 5. The number of hydrogen-bond donors (Lipinski definition) is 4. The van der Waals surface area contributed by atoms with Crippen molar-refractivity contribution in [2.24, 2.45) is 41.7 Å². The number of Topliss-reactive ketones (excluding diaryl/α,β-unsaturated/α-hetero) is 3. The molecule has 4 heterocycles. The SMILES string of the molecule is O=C(NC1=NN=C2N=C([C@]3([C@H]4N=C5N=NC(NC(=O)Nc6ccc(Cl)cc6)=C5C4=O)CCCC3=O)C(=O)[C@H]21)Nc1ccc(Cl)cc1. The fourth-order valence-electron chi connectivity index (χ4n) is 5.93. The van der Waals surface area contributed by atoms with Crippen molar-refractivity contribution in [3.63, 3.8) is 0 Å². The van der Waals surface area contributed by atoms with Gasteiger partial charge in [0, 0.05) is 27.8 Å². The molecule has 7 rings (SSSR count). The van der Waals surface area contributed by atoms with Gasteiger partial charge in [-0.05, 0) is 61.4 Å². The van der Waals surface area contributed by atoms with Crippen LogP contribution in [0.3, 0.4) is 0 Å². The van der Waals surface area contributed by atoms with Crippen molar-refractivity contribution in [3.8, 4) is 0 Å². The van der Waals surface area contributed by atoms with Gasteiger partial charge in [-0.15, -0.1) is 20.4 Å². The number of carbonyl (C=O) groups is 5. The standard InChI is InChI=1S/C29H20Cl2N10O5/c30-12-3-7-14(8-4-12)32-27(45)36-25-17-19(43)21(34-23(17)38-40-25)29(11-1-2-16(29)42)22-20(44)18-24(35-22)39-41-26(18)37-28(46)33-15-9-5-13(31)6-10-15/h3-10,17,22H,1-2,11H2,(H2,33,37,46)(H2,32,36,40,45)/t17-,22+,29+/m1/s1. The smallest absolute Gasteiger partial charge is 0.308 e. The van der Waals surface area contributed by atoms with E-state index in [1.165, 1.54) is 0 Å².